The third-order valence-electron chi connectivity index (χ3n) is 5.62. The Morgan fingerprint density at radius 1 is 1.25 bits per heavy atom. The van der Waals surface area contributed by atoms with Crippen molar-refractivity contribution in [2.24, 2.45) is 4.99 Å². The summed E-state index contributed by atoms with van der Waals surface area (Å²) >= 11 is 6.25. The van der Waals surface area contributed by atoms with E-state index in [1.165, 1.54) is 18.4 Å². The summed E-state index contributed by atoms with van der Waals surface area (Å²) in [6.45, 7) is 5.89. The minimum atomic E-state index is -0.134. The van der Waals surface area contributed by atoms with E-state index in [1.54, 1.807) is 0 Å². The molecule has 1 saturated carbocycles. The van der Waals surface area contributed by atoms with E-state index in [0.29, 0.717) is 12.6 Å². The molecule has 0 spiro atoms. The number of hydrogen-bond acceptors (Lipinski definition) is 3. The molecule has 3 N–H and O–H groups in total. The van der Waals surface area contributed by atoms with E-state index in [2.05, 4.69) is 34.6 Å². The highest BCUT2D eigenvalue weighted by molar-refractivity contribution is 14.0. The molecule has 2 fully saturated rings. The van der Waals surface area contributed by atoms with Gasteiger partial charge in [0.1, 0.15) is 0 Å². The van der Waals surface area contributed by atoms with Crippen LogP contribution in [0.15, 0.2) is 29.3 Å². The molecular weight excluding hydrogens is 487 g/mol. The SMILES string of the molecule is CCNC(=NCC(c1cccc(Cl)c1)N1CCCC1)NC1CCC(O)CC1.I. The maximum atomic E-state index is 9.72. The molecule has 1 atom stereocenters. The third-order valence-corrected chi connectivity index (χ3v) is 5.85. The van der Waals surface area contributed by atoms with Crippen molar-refractivity contribution in [3.8, 4) is 0 Å². The monoisotopic (exact) mass is 520 g/mol. The number of rotatable bonds is 6. The highest BCUT2D eigenvalue weighted by Gasteiger charge is 2.24. The molecule has 28 heavy (non-hydrogen) atoms. The summed E-state index contributed by atoms with van der Waals surface area (Å²) in [5.74, 6) is 0.880. The number of benzene rings is 1. The first-order valence-electron chi connectivity index (χ1n) is 10.4. The first kappa shape index (κ1) is 23.7. The zero-order valence-corrected chi connectivity index (χ0v) is 19.8. The minimum Gasteiger partial charge on any atom is -0.393 e. The van der Waals surface area contributed by atoms with E-state index in [1.807, 2.05) is 12.1 Å². The average Bonchev–Trinajstić information content (AvgIpc) is 3.18. The molecule has 5 nitrogen and oxygen atoms in total. The molecule has 1 aromatic carbocycles. The Morgan fingerprint density at radius 2 is 1.96 bits per heavy atom. The van der Waals surface area contributed by atoms with Crippen molar-refractivity contribution in [2.75, 3.05) is 26.2 Å². The van der Waals surface area contributed by atoms with Gasteiger partial charge in [-0.05, 0) is 76.2 Å². The van der Waals surface area contributed by atoms with Crippen LogP contribution in [-0.2, 0) is 0 Å². The van der Waals surface area contributed by atoms with Crippen LogP contribution in [0.2, 0.25) is 5.02 Å². The fraction of sp³-hybridized carbons (Fsp3) is 0.667. The zero-order valence-electron chi connectivity index (χ0n) is 16.7. The molecule has 1 unspecified atom stereocenters. The summed E-state index contributed by atoms with van der Waals surface area (Å²) in [7, 11) is 0. The lowest BCUT2D eigenvalue weighted by atomic mass is 9.93. The molecule has 1 heterocycles. The van der Waals surface area contributed by atoms with Crippen LogP contribution < -0.4 is 10.6 Å². The van der Waals surface area contributed by atoms with Crippen molar-refractivity contribution in [3.05, 3.63) is 34.9 Å². The van der Waals surface area contributed by atoms with E-state index in [4.69, 9.17) is 16.6 Å². The fourth-order valence-corrected chi connectivity index (χ4v) is 4.31. The van der Waals surface area contributed by atoms with Gasteiger partial charge in [0.2, 0.25) is 0 Å². The highest BCUT2D eigenvalue weighted by atomic mass is 127. The normalized spacial score (nSPS) is 24.5. The van der Waals surface area contributed by atoms with Gasteiger partial charge in [0.15, 0.2) is 5.96 Å². The topological polar surface area (TPSA) is 59.9 Å². The Labute approximate surface area is 191 Å². The molecule has 7 heteroatoms. The largest absolute Gasteiger partial charge is 0.393 e. The summed E-state index contributed by atoms with van der Waals surface area (Å²) in [4.78, 5) is 7.45. The van der Waals surface area contributed by atoms with Crippen LogP contribution in [-0.4, -0.2) is 54.3 Å². The van der Waals surface area contributed by atoms with Gasteiger partial charge in [0.05, 0.1) is 18.7 Å². The number of hydrogen-bond donors (Lipinski definition) is 3. The van der Waals surface area contributed by atoms with Crippen molar-refractivity contribution < 1.29 is 5.11 Å². The van der Waals surface area contributed by atoms with E-state index < -0.39 is 0 Å². The lowest BCUT2D eigenvalue weighted by molar-refractivity contribution is 0.120. The molecule has 158 valence electrons. The molecular formula is C21H34ClIN4O. The van der Waals surface area contributed by atoms with Gasteiger partial charge in [-0.25, -0.2) is 0 Å². The Kier molecular flexibility index (Phi) is 10.3. The van der Waals surface area contributed by atoms with Gasteiger partial charge in [-0.1, -0.05) is 23.7 Å². The number of nitrogens with zero attached hydrogens (tertiary/aromatic N) is 2. The lowest BCUT2D eigenvalue weighted by Crippen LogP contribution is -2.45. The third kappa shape index (κ3) is 7.04. The smallest absolute Gasteiger partial charge is 0.191 e. The fourth-order valence-electron chi connectivity index (χ4n) is 4.11. The number of halogens is 2. The number of aliphatic hydroxyl groups is 1. The number of aliphatic imine (C=N–C) groups is 1. The highest BCUT2D eigenvalue weighted by Crippen LogP contribution is 2.27. The summed E-state index contributed by atoms with van der Waals surface area (Å²) in [6, 6.07) is 8.84. The van der Waals surface area contributed by atoms with Crippen LogP contribution in [0.25, 0.3) is 0 Å². The Morgan fingerprint density at radius 3 is 2.61 bits per heavy atom. The van der Waals surface area contributed by atoms with E-state index in [-0.39, 0.29) is 36.1 Å². The Bertz CT molecular complexity index is 616. The minimum absolute atomic E-state index is 0. The van der Waals surface area contributed by atoms with Gasteiger partial charge in [-0.3, -0.25) is 9.89 Å². The van der Waals surface area contributed by atoms with Crippen molar-refractivity contribution in [1.82, 2.24) is 15.5 Å². The summed E-state index contributed by atoms with van der Waals surface area (Å²) in [5, 5.41) is 17.5. The quantitative estimate of drug-likeness (QED) is 0.302. The molecule has 1 aliphatic heterocycles. The average molecular weight is 521 g/mol. The Balaban J connectivity index is 0.00000280. The van der Waals surface area contributed by atoms with Crippen molar-refractivity contribution >= 4 is 41.5 Å². The van der Waals surface area contributed by atoms with E-state index in [9.17, 15) is 5.11 Å². The van der Waals surface area contributed by atoms with Crippen LogP contribution in [0.5, 0.6) is 0 Å². The first-order valence-corrected chi connectivity index (χ1v) is 10.8. The summed E-state index contributed by atoms with van der Waals surface area (Å²) in [5.41, 5.74) is 1.24. The molecule has 2 aliphatic rings. The summed E-state index contributed by atoms with van der Waals surface area (Å²) in [6.07, 6.45) is 6.11. The van der Waals surface area contributed by atoms with Gasteiger partial charge in [0, 0.05) is 17.6 Å². The second kappa shape index (κ2) is 12.2. The van der Waals surface area contributed by atoms with Crippen LogP contribution in [0.4, 0.5) is 0 Å². The van der Waals surface area contributed by atoms with Gasteiger partial charge >= 0.3 is 0 Å². The Hall–Kier alpha value is -0.570. The van der Waals surface area contributed by atoms with E-state index >= 15 is 0 Å². The van der Waals surface area contributed by atoms with Crippen LogP contribution in [0.1, 0.15) is 57.1 Å². The van der Waals surface area contributed by atoms with Crippen molar-refractivity contribution in [3.63, 3.8) is 0 Å². The molecule has 3 rings (SSSR count). The van der Waals surface area contributed by atoms with Gasteiger partial charge in [-0.15, -0.1) is 24.0 Å². The zero-order chi connectivity index (χ0) is 19.1. The predicted molar refractivity (Wildman–Crippen MR) is 128 cm³/mol. The molecule has 1 aliphatic carbocycles. The number of aliphatic hydroxyl groups excluding tert-OH is 1. The van der Waals surface area contributed by atoms with Gasteiger partial charge < -0.3 is 15.7 Å². The maximum absolute atomic E-state index is 9.72. The molecule has 1 aromatic rings. The molecule has 0 aromatic heterocycles. The molecule has 0 radical (unpaired) electrons. The molecule has 0 bridgehead atoms. The first-order chi connectivity index (χ1) is 13.2. The van der Waals surface area contributed by atoms with E-state index in [0.717, 1.165) is 56.3 Å². The molecule has 0 amide bonds. The van der Waals surface area contributed by atoms with Gasteiger partial charge in [-0.2, -0.15) is 0 Å². The van der Waals surface area contributed by atoms with Crippen molar-refractivity contribution in [1.29, 1.82) is 0 Å². The van der Waals surface area contributed by atoms with Crippen LogP contribution in [0, 0.1) is 0 Å². The maximum Gasteiger partial charge on any atom is 0.191 e. The standard InChI is InChI=1S/C21H33ClN4O.HI/c1-2-23-21(25-18-8-10-19(27)11-9-18)24-15-20(26-12-3-4-13-26)16-6-5-7-17(22)14-16;/h5-7,14,18-20,27H,2-4,8-13,15H2,1H3,(H2,23,24,25);1H. The predicted octanol–water partition coefficient (Wildman–Crippen LogP) is 3.95. The second-order valence-electron chi connectivity index (χ2n) is 7.68. The van der Waals surface area contributed by atoms with Gasteiger partial charge in [0.25, 0.3) is 0 Å². The second-order valence-corrected chi connectivity index (χ2v) is 8.12. The summed E-state index contributed by atoms with van der Waals surface area (Å²) < 4.78 is 0. The van der Waals surface area contributed by atoms with Crippen LogP contribution in [0.3, 0.4) is 0 Å². The number of nitrogens with one attached hydrogen (secondary N) is 2. The number of guanidine groups is 1. The number of likely N-dealkylation sites (tertiary alicyclic amines) is 1. The van der Waals surface area contributed by atoms with Crippen LogP contribution >= 0.6 is 35.6 Å². The van der Waals surface area contributed by atoms with Crippen molar-refractivity contribution in [2.45, 2.75) is 63.6 Å². The molecule has 1 saturated heterocycles. The lowest BCUT2D eigenvalue weighted by Gasteiger charge is -2.29.